The lowest BCUT2D eigenvalue weighted by Crippen LogP contribution is -2.45. The molecule has 2 unspecified atom stereocenters. The van der Waals surface area contributed by atoms with E-state index in [1.54, 1.807) is 0 Å². The number of hydrogen-bond donors (Lipinski definition) is 2. The van der Waals surface area contributed by atoms with Gasteiger partial charge in [0.1, 0.15) is 5.76 Å². The maximum Gasteiger partial charge on any atom is 0.190 e. The van der Waals surface area contributed by atoms with Gasteiger partial charge in [0.2, 0.25) is 0 Å². The zero-order chi connectivity index (χ0) is 21.5. The highest BCUT2D eigenvalue weighted by Crippen LogP contribution is 2.35. The van der Waals surface area contributed by atoms with Crippen molar-refractivity contribution in [1.82, 2.24) is 20.7 Å². The van der Waals surface area contributed by atoms with Crippen LogP contribution in [0, 0.1) is 19.8 Å². The van der Waals surface area contributed by atoms with Crippen LogP contribution in [0.2, 0.25) is 5.02 Å². The molecule has 0 spiro atoms. The fraction of sp³-hybridized carbons (Fsp3) is 0.565. The zero-order valence-electron chi connectivity index (χ0n) is 18.5. The average Bonchev–Trinajstić information content (AvgIpc) is 3.05. The monoisotopic (exact) mass is 431 g/mol. The molecule has 2 atom stereocenters. The maximum absolute atomic E-state index is 6.26. The molecular formula is C23H34ClN5O. The van der Waals surface area contributed by atoms with Crippen LogP contribution in [0.4, 0.5) is 0 Å². The first-order chi connectivity index (χ1) is 14.5. The van der Waals surface area contributed by atoms with E-state index in [4.69, 9.17) is 16.1 Å². The number of rotatable bonds is 7. The lowest BCUT2D eigenvalue weighted by atomic mass is 9.85. The number of aromatic nitrogens is 1. The van der Waals surface area contributed by atoms with E-state index in [0.717, 1.165) is 54.9 Å². The predicted octanol–water partition coefficient (Wildman–Crippen LogP) is 4.13. The lowest BCUT2D eigenvalue weighted by Gasteiger charge is -2.40. The molecule has 0 bridgehead atoms. The van der Waals surface area contributed by atoms with Crippen LogP contribution < -0.4 is 10.6 Å². The topological polar surface area (TPSA) is 65.7 Å². The van der Waals surface area contributed by atoms with Gasteiger partial charge in [-0.3, -0.25) is 9.89 Å². The third-order valence-electron chi connectivity index (χ3n) is 6.03. The van der Waals surface area contributed by atoms with Crippen molar-refractivity contribution >= 4 is 17.6 Å². The fourth-order valence-electron chi connectivity index (χ4n) is 4.47. The molecule has 0 radical (unpaired) electrons. The Bertz CT molecular complexity index is 830. The average molecular weight is 432 g/mol. The molecule has 0 amide bonds. The van der Waals surface area contributed by atoms with Crippen molar-refractivity contribution in [3.05, 3.63) is 51.9 Å². The summed E-state index contributed by atoms with van der Waals surface area (Å²) in [4.78, 5) is 6.85. The third kappa shape index (κ3) is 5.76. The number of nitrogens with zero attached hydrogens (tertiary/aromatic N) is 3. The van der Waals surface area contributed by atoms with E-state index in [-0.39, 0.29) is 0 Å². The summed E-state index contributed by atoms with van der Waals surface area (Å²) in [5.41, 5.74) is 3.50. The van der Waals surface area contributed by atoms with Gasteiger partial charge in [0, 0.05) is 36.8 Å². The summed E-state index contributed by atoms with van der Waals surface area (Å²) in [6, 6.07) is 8.64. The molecule has 7 heteroatoms. The standard InChI is InChI=1S/C23H34ClN5O/c1-16-21(17(2)30-28-16)11-6-12-26-23(25-3)27-15-19-9-7-13-29(4)22(19)18-8-5-10-20(24)14-18/h5,8,10,14,19,22H,6-7,9,11-13,15H2,1-4H3,(H2,25,26,27). The molecule has 2 N–H and O–H groups in total. The first-order valence-electron chi connectivity index (χ1n) is 10.8. The van der Waals surface area contributed by atoms with Crippen molar-refractivity contribution in [2.75, 3.05) is 33.7 Å². The van der Waals surface area contributed by atoms with Crippen molar-refractivity contribution in [3.63, 3.8) is 0 Å². The molecule has 30 heavy (non-hydrogen) atoms. The molecule has 1 aliphatic heterocycles. The molecule has 2 heterocycles. The fourth-order valence-corrected chi connectivity index (χ4v) is 4.67. The predicted molar refractivity (Wildman–Crippen MR) is 123 cm³/mol. The van der Waals surface area contributed by atoms with Crippen molar-refractivity contribution in [1.29, 1.82) is 0 Å². The van der Waals surface area contributed by atoms with Gasteiger partial charge in [-0.15, -0.1) is 0 Å². The van der Waals surface area contributed by atoms with Crippen molar-refractivity contribution in [2.45, 2.75) is 45.6 Å². The number of piperidine rings is 1. The normalized spacial score (nSPS) is 20.4. The summed E-state index contributed by atoms with van der Waals surface area (Å²) in [5, 5.41) is 11.8. The smallest absolute Gasteiger partial charge is 0.190 e. The van der Waals surface area contributed by atoms with Gasteiger partial charge < -0.3 is 15.2 Å². The second-order valence-electron chi connectivity index (χ2n) is 8.17. The second kappa shape index (κ2) is 10.8. The van der Waals surface area contributed by atoms with Crippen LogP contribution in [0.5, 0.6) is 0 Å². The largest absolute Gasteiger partial charge is 0.361 e. The van der Waals surface area contributed by atoms with Crippen LogP contribution in [0.15, 0.2) is 33.8 Å². The van der Waals surface area contributed by atoms with E-state index in [1.165, 1.54) is 24.0 Å². The first kappa shape index (κ1) is 22.6. The van der Waals surface area contributed by atoms with E-state index in [9.17, 15) is 0 Å². The van der Waals surface area contributed by atoms with E-state index in [0.29, 0.717) is 12.0 Å². The van der Waals surface area contributed by atoms with Gasteiger partial charge >= 0.3 is 0 Å². The SMILES string of the molecule is CN=C(NCCCc1c(C)noc1C)NCC1CCCN(C)C1c1cccc(Cl)c1. The minimum Gasteiger partial charge on any atom is -0.361 e. The molecule has 1 aliphatic rings. The Morgan fingerprint density at radius 2 is 2.17 bits per heavy atom. The molecule has 164 valence electrons. The summed E-state index contributed by atoms with van der Waals surface area (Å²) in [6.45, 7) is 6.82. The van der Waals surface area contributed by atoms with E-state index in [1.807, 2.05) is 33.0 Å². The first-order valence-corrected chi connectivity index (χ1v) is 11.2. The molecule has 2 aromatic rings. The Balaban J connectivity index is 1.51. The summed E-state index contributed by atoms with van der Waals surface area (Å²) >= 11 is 6.26. The highest BCUT2D eigenvalue weighted by atomic mass is 35.5. The highest BCUT2D eigenvalue weighted by Gasteiger charge is 2.30. The Kier molecular flexibility index (Phi) is 8.16. The second-order valence-corrected chi connectivity index (χ2v) is 8.61. The van der Waals surface area contributed by atoms with Gasteiger partial charge in [0.25, 0.3) is 0 Å². The third-order valence-corrected chi connectivity index (χ3v) is 6.26. The summed E-state index contributed by atoms with van der Waals surface area (Å²) in [7, 11) is 4.03. The molecule has 0 saturated carbocycles. The van der Waals surface area contributed by atoms with Gasteiger partial charge in [0.05, 0.1) is 5.69 Å². The van der Waals surface area contributed by atoms with Crippen LogP contribution >= 0.6 is 11.6 Å². The van der Waals surface area contributed by atoms with Gasteiger partial charge in [-0.05, 0) is 76.7 Å². The quantitative estimate of drug-likeness (QED) is 0.392. The minimum absolute atomic E-state index is 0.364. The molecule has 3 rings (SSSR count). The Hall–Kier alpha value is -2.05. The molecule has 6 nitrogen and oxygen atoms in total. The number of aryl methyl sites for hydroxylation is 2. The molecule has 1 fully saturated rings. The van der Waals surface area contributed by atoms with Crippen molar-refractivity contribution in [2.24, 2.45) is 10.9 Å². The van der Waals surface area contributed by atoms with Crippen LogP contribution in [0.25, 0.3) is 0 Å². The number of likely N-dealkylation sites (tertiary alicyclic amines) is 1. The zero-order valence-corrected chi connectivity index (χ0v) is 19.3. The molecule has 0 aliphatic carbocycles. The van der Waals surface area contributed by atoms with E-state index in [2.05, 4.69) is 44.9 Å². The Morgan fingerprint density at radius 3 is 2.87 bits per heavy atom. The maximum atomic E-state index is 6.26. The Morgan fingerprint density at radius 1 is 1.33 bits per heavy atom. The summed E-state index contributed by atoms with van der Waals surface area (Å²) in [6.07, 6.45) is 4.36. The highest BCUT2D eigenvalue weighted by molar-refractivity contribution is 6.30. The van der Waals surface area contributed by atoms with Crippen LogP contribution in [0.1, 0.15) is 47.9 Å². The Labute approximate surface area is 185 Å². The molecule has 1 aromatic carbocycles. The number of hydrogen-bond acceptors (Lipinski definition) is 4. The van der Waals surface area contributed by atoms with Gasteiger partial charge in [-0.2, -0.15) is 0 Å². The molecule has 1 aromatic heterocycles. The van der Waals surface area contributed by atoms with Crippen molar-refractivity contribution < 1.29 is 4.52 Å². The summed E-state index contributed by atoms with van der Waals surface area (Å²) < 4.78 is 5.24. The number of halogens is 1. The van der Waals surface area contributed by atoms with Gasteiger partial charge in [-0.1, -0.05) is 28.9 Å². The van der Waals surface area contributed by atoms with Crippen LogP contribution in [-0.2, 0) is 6.42 Å². The van der Waals surface area contributed by atoms with E-state index >= 15 is 0 Å². The van der Waals surface area contributed by atoms with Crippen molar-refractivity contribution in [3.8, 4) is 0 Å². The summed E-state index contributed by atoms with van der Waals surface area (Å²) in [5.74, 6) is 2.28. The van der Waals surface area contributed by atoms with Crippen LogP contribution in [-0.4, -0.2) is 49.7 Å². The van der Waals surface area contributed by atoms with Crippen LogP contribution in [0.3, 0.4) is 0 Å². The minimum atomic E-state index is 0.364. The molecular weight excluding hydrogens is 398 g/mol. The number of aliphatic imine (C=N–C) groups is 1. The number of guanidine groups is 1. The van der Waals surface area contributed by atoms with Gasteiger partial charge in [-0.25, -0.2) is 0 Å². The lowest BCUT2D eigenvalue weighted by molar-refractivity contribution is 0.122. The molecule has 1 saturated heterocycles. The number of nitrogens with one attached hydrogen (secondary N) is 2. The van der Waals surface area contributed by atoms with Gasteiger partial charge in [0.15, 0.2) is 5.96 Å². The van der Waals surface area contributed by atoms with E-state index < -0.39 is 0 Å². The number of benzene rings is 1.